The van der Waals surface area contributed by atoms with E-state index in [-0.39, 0.29) is 12.4 Å². The molecule has 0 aliphatic carbocycles. The highest BCUT2D eigenvalue weighted by atomic mass is 19.1. The highest BCUT2D eigenvalue weighted by Gasteiger charge is 2.25. The molecule has 1 atom stereocenters. The Kier molecular flexibility index (Phi) is 5.04. The summed E-state index contributed by atoms with van der Waals surface area (Å²) in [5, 5.41) is 10.7. The molecule has 19 heavy (non-hydrogen) atoms. The first kappa shape index (κ1) is 14.7. The van der Waals surface area contributed by atoms with Gasteiger partial charge < -0.3 is 14.2 Å². The summed E-state index contributed by atoms with van der Waals surface area (Å²) >= 11 is 0. The Balaban J connectivity index is 2.97. The summed E-state index contributed by atoms with van der Waals surface area (Å²) < 4.78 is 27.2. The van der Waals surface area contributed by atoms with E-state index >= 15 is 0 Å². The van der Waals surface area contributed by atoms with Crippen molar-refractivity contribution in [3.8, 4) is 11.5 Å². The van der Waals surface area contributed by atoms with Gasteiger partial charge in [0.2, 0.25) is 5.75 Å². The minimum Gasteiger partial charge on any atom is -0.497 e. The van der Waals surface area contributed by atoms with Crippen molar-refractivity contribution in [3.05, 3.63) is 28.3 Å². The van der Waals surface area contributed by atoms with Crippen LogP contribution in [0.15, 0.2) is 18.2 Å². The van der Waals surface area contributed by atoms with Crippen LogP contribution in [0.3, 0.4) is 0 Å². The van der Waals surface area contributed by atoms with E-state index in [1.165, 1.54) is 20.1 Å². The predicted octanol–water partition coefficient (Wildman–Crippen LogP) is 1.84. The molecule has 1 aromatic rings. The lowest BCUT2D eigenvalue weighted by molar-refractivity contribution is -0.386. The third kappa shape index (κ3) is 3.80. The topological polar surface area (TPSA) is 87.9 Å². The molecule has 0 heterocycles. The molecule has 1 unspecified atom stereocenters. The smallest absolute Gasteiger partial charge is 0.381 e. The van der Waals surface area contributed by atoms with Gasteiger partial charge in [-0.3, -0.25) is 10.1 Å². The van der Waals surface area contributed by atoms with Crippen LogP contribution in [0.1, 0.15) is 6.92 Å². The molecule has 104 valence electrons. The number of hydrogen-bond donors (Lipinski definition) is 0. The molecular formula is C11H12FNO6. The molecule has 0 aliphatic rings. The Morgan fingerprint density at radius 2 is 2.21 bits per heavy atom. The maximum atomic E-state index is 13.4. The van der Waals surface area contributed by atoms with Crippen LogP contribution < -0.4 is 9.47 Å². The maximum Gasteiger partial charge on any atom is 0.381 e. The number of carbonyl (C=O) groups excluding carboxylic acids is 1. The number of hydrogen-bond acceptors (Lipinski definition) is 6. The largest absolute Gasteiger partial charge is 0.497 e. The van der Waals surface area contributed by atoms with Gasteiger partial charge in [-0.25, -0.2) is 4.79 Å². The monoisotopic (exact) mass is 273 g/mol. The van der Waals surface area contributed by atoms with Gasteiger partial charge in [-0.15, -0.1) is 0 Å². The van der Waals surface area contributed by atoms with E-state index in [4.69, 9.17) is 4.74 Å². The van der Waals surface area contributed by atoms with Crippen molar-refractivity contribution in [1.82, 2.24) is 0 Å². The normalized spacial score (nSPS) is 11.5. The Labute approximate surface area is 108 Å². The van der Waals surface area contributed by atoms with E-state index < -0.39 is 28.7 Å². The number of methoxy groups -OCH3 is 1. The summed E-state index contributed by atoms with van der Waals surface area (Å²) in [5.74, 6) is -1.43. The second-order valence-corrected chi connectivity index (χ2v) is 3.28. The van der Waals surface area contributed by atoms with Crippen molar-refractivity contribution in [1.29, 1.82) is 0 Å². The fourth-order valence-electron chi connectivity index (χ4n) is 1.23. The number of nitro groups is 1. The molecule has 7 nitrogen and oxygen atoms in total. The van der Waals surface area contributed by atoms with Gasteiger partial charge >= 0.3 is 18.0 Å². The molecule has 0 aromatic heterocycles. The second kappa shape index (κ2) is 6.53. The first-order valence-corrected chi connectivity index (χ1v) is 5.29. The number of carbonyl (C=O) groups is 1. The third-order valence-electron chi connectivity index (χ3n) is 2.07. The zero-order valence-corrected chi connectivity index (χ0v) is 10.3. The van der Waals surface area contributed by atoms with Crippen molar-refractivity contribution in [2.75, 3.05) is 13.7 Å². The number of benzene rings is 1. The average molecular weight is 273 g/mol. The van der Waals surface area contributed by atoms with Crippen LogP contribution in [-0.2, 0) is 9.53 Å². The summed E-state index contributed by atoms with van der Waals surface area (Å²) in [6.07, 6.45) is -2.44. The van der Waals surface area contributed by atoms with Crippen LogP contribution in [0.5, 0.6) is 11.5 Å². The molecule has 8 heteroatoms. The highest BCUT2D eigenvalue weighted by Crippen LogP contribution is 2.32. The van der Waals surface area contributed by atoms with Gasteiger partial charge in [-0.2, -0.15) is 4.39 Å². The first-order chi connectivity index (χ1) is 8.99. The van der Waals surface area contributed by atoms with Gasteiger partial charge in [0.1, 0.15) is 5.75 Å². The molecule has 1 aromatic carbocycles. The van der Waals surface area contributed by atoms with Crippen molar-refractivity contribution in [3.63, 3.8) is 0 Å². The molecule has 0 saturated carbocycles. The molecule has 0 fully saturated rings. The number of nitrogens with zero attached hydrogens (tertiary/aromatic N) is 1. The minimum absolute atomic E-state index is 0.0250. The molecule has 0 bridgehead atoms. The standard InChI is InChI=1S/C11H12FNO6/c1-3-18-11(14)10(12)19-9-6-7(17-2)4-5-8(9)13(15)16/h4-6,10H,3H2,1-2H3. The number of esters is 1. The van der Waals surface area contributed by atoms with E-state index in [2.05, 4.69) is 9.47 Å². The Morgan fingerprint density at radius 3 is 2.74 bits per heavy atom. The number of rotatable bonds is 6. The fourth-order valence-corrected chi connectivity index (χ4v) is 1.23. The zero-order chi connectivity index (χ0) is 14.4. The van der Waals surface area contributed by atoms with Crippen molar-refractivity contribution in [2.45, 2.75) is 13.3 Å². The summed E-state index contributed by atoms with van der Waals surface area (Å²) in [7, 11) is 1.34. The lowest BCUT2D eigenvalue weighted by atomic mass is 10.3. The Bertz CT molecular complexity index is 478. The van der Waals surface area contributed by atoms with E-state index in [1.54, 1.807) is 0 Å². The van der Waals surface area contributed by atoms with Crippen LogP contribution in [0.25, 0.3) is 0 Å². The van der Waals surface area contributed by atoms with E-state index in [0.29, 0.717) is 0 Å². The third-order valence-corrected chi connectivity index (χ3v) is 2.07. The molecule has 0 saturated heterocycles. The summed E-state index contributed by atoms with van der Waals surface area (Å²) in [6.45, 7) is 1.47. The molecule has 0 radical (unpaired) electrons. The lowest BCUT2D eigenvalue weighted by Crippen LogP contribution is -2.25. The number of halogens is 1. The molecular weight excluding hydrogens is 261 g/mol. The van der Waals surface area contributed by atoms with Crippen molar-refractivity contribution in [2.24, 2.45) is 0 Å². The maximum absolute atomic E-state index is 13.4. The predicted molar refractivity (Wildman–Crippen MR) is 61.8 cm³/mol. The van der Waals surface area contributed by atoms with Crippen LogP contribution in [0.2, 0.25) is 0 Å². The van der Waals surface area contributed by atoms with Gasteiger partial charge in [0.25, 0.3) is 0 Å². The molecule has 0 amide bonds. The number of nitro benzene ring substituents is 1. The molecule has 1 rings (SSSR count). The fraction of sp³-hybridized carbons (Fsp3) is 0.364. The van der Waals surface area contributed by atoms with Crippen LogP contribution >= 0.6 is 0 Å². The van der Waals surface area contributed by atoms with E-state index in [0.717, 1.165) is 12.1 Å². The highest BCUT2D eigenvalue weighted by molar-refractivity contribution is 5.73. The summed E-state index contributed by atoms with van der Waals surface area (Å²) in [6, 6.07) is 3.53. The van der Waals surface area contributed by atoms with Crippen LogP contribution in [0, 0.1) is 10.1 Å². The molecule has 0 spiro atoms. The summed E-state index contributed by atoms with van der Waals surface area (Å²) in [5.41, 5.74) is -0.479. The van der Waals surface area contributed by atoms with E-state index in [1.807, 2.05) is 0 Å². The SMILES string of the molecule is CCOC(=O)C(F)Oc1cc(OC)ccc1[N+](=O)[O-]. The van der Waals surface area contributed by atoms with Crippen LogP contribution in [0.4, 0.5) is 10.1 Å². The molecule has 0 aliphatic heterocycles. The van der Waals surface area contributed by atoms with E-state index in [9.17, 15) is 19.3 Å². The second-order valence-electron chi connectivity index (χ2n) is 3.28. The van der Waals surface area contributed by atoms with Crippen molar-refractivity contribution >= 4 is 11.7 Å². The van der Waals surface area contributed by atoms with Gasteiger partial charge in [0, 0.05) is 12.1 Å². The Morgan fingerprint density at radius 1 is 1.53 bits per heavy atom. The number of alkyl halides is 1. The van der Waals surface area contributed by atoms with Crippen LogP contribution in [-0.4, -0.2) is 31.0 Å². The first-order valence-electron chi connectivity index (χ1n) is 5.29. The quantitative estimate of drug-likeness (QED) is 0.446. The lowest BCUT2D eigenvalue weighted by Gasteiger charge is -2.11. The summed E-state index contributed by atoms with van der Waals surface area (Å²) in [4.78, 5) is 21.0. The average Bonchev–Trinajstić information content (AvgIpc) is 2.38. The van der Waals surface area contributed by atoms with Crippen molar-refractivity contribution < 1.29 is 28.3 Å². The minimum atomic E-state index is -2.44. The number of ether oxygens (including phenoxy) is 3. The zero-order valence-electron chi connectivity index (χ0n) is 10.3. The van der Waals surface area contributed by atoms with Gasteiger partial charge in [0.15, 0.2) is 0 Å². The van der Waals surface area contributed by atoms with Gasteiger partial charge in [-0.1, -0.05) is 0 Å². The van der Waals surface area contributed by atoms with Gasteiger partial charge in [0.05, 0.1) is 18.6 Å². The Hall–Kier alpha value is -2.38. The van der Waals surface area contributed by atoms with Gasteiger partial charge in [-0.05, 0) is 13.0 Å². The molecule has 0 N–H and O–H groups in total.